The Morgan fingerprint density at radius 1 is 1.19 bits per heavy atom. The summed E-state index contributed by atoms with van der Waals surface area (Å²) in [5, 5.41) is 3.29. The molecule has 1 aliphatic heterocycles. The molecule has 0 fully saturated rings. The van der Waals surface area contributed by atoms with E-state index in [4.69, 9.17) is 11.6 Å². The van der Waals surface area contributed by atoms with Gasteiger partial charge in [0.15, 0.2) is 0 Å². The maximum atomic E-state index is 14.2. The van der Waals surface area contributed by atoms with Crippen LogP contribution in [0.15, 0.2) is 48.5 Å². The Balaban J connectivity index is 2.18. The minimum absolute atomic E-state index is 0.427. The summed E-state index contributed by atoms with van der Waals surface area (Å²) in [5.41, 5.74) is 2.32. The van der Waals surface area contributed by atoms with Crippen LogP contribution >= 0.6 is 11.6 Å². The van der Waals surface area contributed by atoms with E-state index in [9.17, 15) is 9.18 Å². The molecule has 21 heavy (non-hydrogen) atoms. The number of likely N-dealkylation sites (N-methyl/N-ethyl adjacent to an activating group) is 1. The van der Waals surface area contributed by atoms with Gasteiger partial charge in [0.05, 0.1) is 6.04 Å². The maximum absolute atomic E-state index is 14.2. The lowest BCUT2D eigenvalue weighted by atomic mass is 9.97. The van der Waals surface area contributed by atoms with E-state index in [0.717, 1.165) is 11.1 Å². The quantitative estimate of drug-likeness (QED) is 0.820. The zero-order valence-corrected chi connectivity index (χ0v) is 12.1. The highest BCUT2D eigenvalue weighted by molar-refractivity contribution is 6.30. The number of hydrogen-bond donors (Lipinski definition) is 1. The topological polar surface area (TPSA) is 32.3 Å². The van der Waals surface area contributed by atoms with Gasteiger partial charge in [0.2, 0.25) is 6.30 Å². The molecule has 108 valence electrons. The zero-order valence-electron chi connectivity index (χ0n) is 11.4. The third-order valence-electron chi connectivity index (χ3n) is 3.66. The predicted octanol–water partition coefficient (Wildman–Crippen LogP) is 3.29. The first-order valence-corrected chi connectivity index (χ1v) is 6.98. The smallest absolute Gasteiger partial charge is 0.276 e. The van der Waals surface area contributed by atoms with E-state index in [1.165, 1.54) is 4.90 Å². The standard InChI is InChI=1S/C16H14ClFN2O/c1-20-13-8-7-11(17)9-12(13)14(19-15(18)16(20)21)10-5-3-2-4-6-10/h2-9,14-15,19H,1H3. The van der Waals surface area contributed by atoms with E-state index < -0.39 is 18.2 Å². The van der Waals surface area contributed by atoms with Gasteiger partial charge in [0.1, 0.15) is 0 Å². The highest BCUT2D eigenvalue weighted by Gasteiger charge is 2.33. The number of nitrogens with zero attached hydrogens (tertiary/aromatic N) is 1. The van der Waals surface area contributed by atoms with E-state index in [2.05, 4.69) is 5.32 Å². The zero-order chi connectivity index (χ0) is 15.0. The number of benzene rings is 2. The number of carbonyl (C=O) groups is 1. The van der Waals surface area contributed by atoms with Crippen molar-refractivity contribution in [2.75, 3.05) is 11.9 Å². The predicted molar refractivity (Wildman–Crippen MR) is 81.2 cm³/mol. The number of amides is 1. The largest absolute Gasteiger partial charge is 0.311 e. The molecule has 0 aliphatic carbocycles. The molecule has 0 spiro atoms. The van der Waals surface area contributed by atoms with Crippen molar-refractivity contribution in [1.82, 2.24) is 5.32 Å². The van der Waals surface area contributed by atoms with E-state index in [1.54, 1.807) is 25.2 Å². The van der Waals surface area contributed by atoms with Crippen molar-refractivity contribution >= 4 is 23.2 Å². The Labute approximate surface area is 127 Å². The van der Waals surface area contributed by atoms with Crippen molar-refractivity contribution in [2.24, 2.45) is 0 Å². The molecule has 2 unspecified atom stereocenters. The molecule has 0 aromatic heterocycles. The summed E-state index contributed by atoms with van der Waals surface area (Å²) in [6.45, 7) is 0. The molecule has 5 heteroatoms. The summed E-state index contributed by atoms with van der Waals surface area (Å²) in [5.74, 6) is -0.614. The molecule has 1 N–H and O–H groups in total. The van der Waals surface area contributed by atoms with Crippen LogP contribution in [0.5, 0.6) is 0 Å². The highest BCUT2D eigenvalue weighted by atomic mass is 35.5. The molecule has 2 aromatic carbocycles. The van der Waals surface area contributed by atoms with Gasteiger partial charge in [0, 0.05) is 17.8 Å². The highest BCUT2D eigenvalue weighted by Crippen LogP contribution is 2.35. The molecular weight excluding hydrogens is 291 g/mol. The molecule has 2 aromatic rings. The Kier molecular flexibility index (Phi) is 3.66. The minimum Gasteiger partial charge on any atom is -0.311 e. The number of carbonyl (C=O) groups excluding carboxylic acids is 1. The molecule has 0 bridgehead atoms. The Hall–Kier alpha value is -1.91. The number of halogens is 2. The summed E-state index contributed by atoms with van der Waals surface area (Å²) >= 11 is 6.08. The molecule has 0 radical (unpaired) electrons. The van der Waals surface area contributed by atoms with Crippen LogP contribution < -0.4 is 10.2 Å². The fourth-order valence-electron chi connectivity index (χ4n) is 2.58. The van der Waals surface area contributed by atoms with Crippen LogP contribution in [0.25, 0.3) is 0 Å². The first kappa shape index (κ1) is 14.0. The average molecular weight is 305 g/mol. The lowest BCUT2D eigenvalue weighted by molar-refractivity contribution is -0.124. The van der Waals surface area contributed by atoms with Crippen LogP contribution in [-0.4, -0.2) is 19.3 Å². The van der Waals surface area contributed by atoms with Crippen LogP contribution in [0.4, 0.5) is 10.1 Å². The first-order chi connectivity index (χ1) is 10.1. The van der Waals surface area contributed by atoms with E-state index >= 15 is 0 Å². The molecule has 2 atom stereocenters. The van der Waals surface area contributed by atoms with Gasteiger partial charge in [0.25, 0.3) is 5.91 Å². The van der Waals surface area contributed by atoms with Crippen molar-refractivity contribution in [3.63, 3.8) is 0 Å². The van der Waals surface area contributed by atoms with E-state index in [0.29, 0.717) is 10.7 Å². The second kappa shape index (κ2) is 5.47. The molecule has 0 saturated heterocycles. The molecular formula is C16H14ClFN2O. The number of anilines is 1. The maximum Gasteiger partial charge on any atom is 0.276 e. The van der Waals surface area contributed by atoms with Gasteiger partial charge in [-0.05, 0) is 29.3 Å². The third kappa shape index (κ3) is 2.52. The van der Waals surface area contributed by atoms with Crippen LogP contribution in [-0.2, 0) is 4.79 Å². The van der Waals surface area contributed by atoms with Crippen molar-refractivity contribution in [3.8, 4) is 0 Å². The number of nitrogens with one attached hydrogen (secondary N) is 1. The van der Waals surface area contributed by atoms with Gasteiger partial charge >= 0.3 is 0 Å². The number of hydrogen-bond acceptors (Lipinski definition) is 2. The second-order valence-electron chi connectivity index (χ2n) is 4.97. The first-order valence-electron chi connectivity index (χ1n) is 6.60. The van der Waals surface area contributed by atoms with Gasteiger partial charge in [-0.3, -0.25) is 10.1 Å². The van der Waals surface area contributed by atoms with Gasteiger partial charge < -0.3 is 4.90 Å². The number of alkyl halides is 1. The van der Waals surface area contributed by atoms with Crippen molar-refractivity contribution < 1.29 is 9.18 Å². The fourth-order valence-corrected chi connectivity index (χ4v) is 2.76. The SMILES string of the molecule is CN1C(=O)C(F)NC(c2ccccc2)c2cc(Cl)ccc21. The molecule has 1 heterocycles. The monoisotopic (exact) mass is 304 g/mol. The third-order valence-corrected chi connectivity index (χ3v) is 3.89. The van der Waals surface area contributed by atoms with Crippen LogP contribution in [0.2, 0.25) is 5.02 Å². The normalized spacial score (nSPS) is 21.9. The summed E-state index contributed by atoms with van der Waals surface area (Å²) in [6.07, 6.45) is -1.76. The van der Waals surface area contributed by atoms with Crippen LogP contribution in [0.1, 0.15) is 17.2 Å². The minimum atomic E-state index is -1.76. The van der Waals surface area contributed by atoms with Crippen molar-refractivity contribution in [2.45, 2.75) is 12.3 Å². The summed E-state index contributed by atoms with van der Waals surface area (Å²) in [4.78, 5) is 13.4. The van der Waals surface area contributed by atoms with Gasteiger partial charge in [-0.2, -0.15) is 0 Å². The molecule has 0 saturated carbocycles. The average Bonchev–Trinajstić information content (AvgIpc) is 2.59. The summed E-state index contributed by atoms with van der Waals surface area (Å²) in [6, 6.07) is 14.2. The Bertz CT molecular complexity index is 677. The Morgan fingerprint density at radius 3 is 2.62 bits per heavy atom. The number of rotatable bonds is 1. The van der Waals surface area contributed by atoms with E-state index in [1.807, 2.05) is 30.3 Å². The van der Waals surface area contributed by atoms with E-state index in [-0.39, 0.29) is 0 Å². The van der Waals surface area contributed by atoms with Crippen LogP contribution in [0.3, 0.4) is 0 Å². The molecule has 1 amide bonds. The molecule has 3 rings (SSSR count). The van der Waals surface area contributed by atoms with Gasteiger partial charge in [-0.25, -0.2) is 4.39 Å². The van der Waals surface area contributed by atoms with Gasteiger partial charge in [-0.15, -0.1) is 0 Å². The molecule has 1 aliphatic rings. The van der Waals surface area contributed by atoms with Crippen LogP contribution in [0, 0.1) is 0 Å². The van der Waals surface area contributed by atoms with Crippen molar-refractivity contribution in [3.05, 3.63) is 64.7 Å². The lowest BCUT2D eigenvalue weighted by Gasteiger charge is -2.20. The number of fused-ring (bicyclic) bond motifs is 1. The summed E-state index contributed by atoms with van der Waals surface area (Å²) in [7, 11) is 1.57. The fraction of sp³-hybridized carbons (Fsp3) is 0.188. The lowest BCUT2D eigenvalue weighted by Crippen LogP contribution is -2.40. The molecule has 3 nitrogen and oxygen atoms in total. The van der Waals surface area contributed by atoms with Gasteiger partial charge in [-0.1, -0.05) is 41.9 Å². The second-order valence-corrected chi connectivity index (χ2v) is 5.41. The Morgan fingerprint density at radius 2 is 1.90 bits per heavy atom. The summed E-state index contributed by atoms with van der Waals surface area (Å²) < 4.78 is 14.2. The van der Waals surface area contributed by atoms with Crippen molar-refractivity contribution in [1.29, 1.82) is 0 Å².